The summed E-state index contributed by atoms with van der Waals surface area (Å²) in [6.45, 7) is 3.70. The number of rotatable bonds is 5. The Balaban J connectivity index is 1.86. The van der Waals surface area contributed by atoms with Crippen LogP contribution in [0.2, 0.25) is 0 Å². The lowest BCUT2D eigenvalue weighted by Gasteiger charge is -2.02. The maximum absolute atomic E-state index is 12.8. The number of pyridine rings is 1. The molecule has 0 spiro atoms. The molecule has 0 aliphatic carbocycles. The molecule has 2 aromatic heterocycles. The Hall–Kier alpha value is -3.21. The first-order valence-corrected chi connectivity index (χ1v) is 8.36. The zero-order valence-electron chi connectivity index (χ0n) is 15.1. The number of aryl methyl sites for hydroxylation is 1. The van der Waals surface area contributed by atoms with E-state index in [0.717, 1.165) is 11.1 Å². The fourth-order valence-electron chi connectivity index (χ4n) is 3.10. The van der Waals surface area contributed by atoms with Crippen LogP contribution in [0.1, 0.15) is 32.1 Å². The average molecular weight is 349 g/mol. The molecule has 26 heavy (non-hydrogen) atoms. The highest BCUT2D eigenvalue weighted by Gasteiger charge is 2.24. The number of nitrogens with one attached hydrogen (secondary N) is 1. The first kappa shape index (κ1) is 17.6. The van der Waals surface area contributed by atoms with Crippen molar-refractivity contribution in [2.45, 2.75) is 20.4 Å². The van der Waals surface area contributed by atoms with Crippen molar-refractivity contribution < 1.29 is 18.9 Å². The van der Waals surface area contributed by atoms with Gasteiger partial charge in [0.1, 0.15) is 0 Å². The monoisotopic (exact) mass is 349 g/mol. The Morgan fingerprint density at radius 3 is 2.42 bits per heavy atom. The summed E-state index contributed by atoms with van der Waals surface area (Å²) in [7, 11) is 1.33. The second-order valence-electron chi connectivity index (χ2n) is 6.17. The zero-order valence-corrected chi connectivity index (χ0v) is 15.1. The van der Waals surface area contributed by atoms with E-state index < -0.39 is 5.97 Å². The van der Waals surface area contributed by atoms with Crippen molar-refractivity contribution in [1.82, 2.24) is 4.98 Å². The number of aromatic nitrogens is 2. The van der Waals surface area contributed by atoms with E-state index in [1.54, 1.807) is 13.8 Å². The summed E-state index contributed by atoms with van der Waals surface area (Å²) in [4.78, 5) is 27.7. The molecule has 0 amide bonds. The van der Waals surface area contributed by atoms with Crippen LogP contribution in [0.25, 0.3) is 11.1 Å². The summed E-state index contributed by atoms with van der Waals surface area (Å²) in [6, 6.07) is 13.9. The van der Waals surface area contributed by atoms with Gasteiger partial charge in [0.2, 0.25) is 12.3 Å². The molecule has 0 atom stereocenters. The largest absolute Gasteiger partial charge is 0.465 e. The van der Waals surface area contributed by atoms with E-state index in [1.807, 2.05) is 59.4 Å². The SMILES string of the molecule is COC(=O)c1c(C)[nH]c(C(=O)C[n+]2cccc(-c3ccccc3)c2)c1C. The smallest absolute Gasteiger partial charge is 0.339 e. The quantitative estimate of drug-likeness (QED) is 0.437. The predicted octanol–water partition coefficient (Wildman–Crippen LogP) is 3.26. The van der Waals surface area contributed by atoms with E-state index in [4.69, 9.17) is 4.74 Å². The number of esters is 1. The van der Waals surface area contributed by atoms with E-state index in [9.17, 15) is 9.59 Å². The Morgan fingerprint density at radius 1 is 1.04 bits per heavy atom. The van der Waals surface area contributed by atoms with Gasteiger partial charge in [-0.2, -0.15) is 4.57 Å². The summed E-state index contributed by atoms with van der Waals surface area (Å²) in [5, 5.41) is 0. The number of Topliss-reactive ketones (excluding diaryl/α,β-unsaturated/α-hetero) is 1. The lowest BCUT2D eigenvalue weighted by Crippen LogP contribution is -2.37. The molecule has 0 saturated heterocycles. The van der Waals surface area contributed by atoms with Crippen LogP contribution in [0.3, 0.4) is 0 Å². The van der Waals surface area contributed by atoms with Gasteiger partial charge in [0, 0.05) is 17.3 Å². The molecular weight excluding hydrogens is 328 g/mol. The summed E-state index contributed by atoms with van der Waals surface area (Å²) < 4.78 is 6.64. The summed E-state index contributed by atoms with van der Waals surface area (Å²) >= 11 is 0. The molecule has 3 rings (SSSR count). The number of methoxy groups -OCH3 is 1. The molecule has 1 N–H and O–H groups in total. The van der Waals surface area contributed by atoms with Crippen LogP contribution in [0.15, 0.2) is 54.9 Å². The third-order valence-electron chi connectivity index (χ3n) is 4.40. The molecule has 132 valence electrons. The maximum Gasteiger partial charge on any atom is 0.339 e. The van der Waals surface area contributed by atoms with Gasteiger partial charge in [-0.15, -0.1) is 0 Å². The maximum atomic E-state index is 12.8. The van der Waals surface area contributed by atoms with Crippen molar-refractivity contribution in [2.75, 3.05) is 7.11 Å². The standard InChI is InChI=1S/C21H20N2O3/c1-14-19(21(25)26-3)15(2)22-20(14)18(24)13-23-11-7-10-17(12-23)16-8-5-4-6-9-16/h4-12H,13H2,1-3H3/p+1. The molecule has 0 aliphatic heterocycles. The fraction of sp³-hybridized carbons (Fsp3) is 0.190. The van der Waals surface area contributed by atoms with Gasteiger partial charge in [0.25, 0.3) is 0 Å². The van der Waals surface area contributed by atoms with Crippen molar-refractivity contribution in [3.05, 3.63) is 77.4 Å². The van der Waals surface area contributed by atoms with Gasteiger partial charge < -0.3 is 9.72 Å². The summed E-state index contributed by atoms with van der Waals surface area (Å²) in [5.74, 6) is -0.523. The lowest BCUT2D eigenvalue weighted by atomic mass is 10.1. The molecule has 5 nitrogen and oxygen atoms in total. The average Bonchev–Trinajstić information content (AvgIpc) is 2.96. The van der Waals surface area contributed by atoms with Crippen LogP contribution in [-0.4, -0.2) is 23.8 Å². The van der Waals surface area contributed by atoms with Crippen molar-refractivity contribution in [3.8, 4) is 11.1 Å². The molecular formula is C21H21N2O3+. The summed E-state index contributed by atoms with van der Waals surface area (Å²) in [5.41, 5.74) is 4.27. The van der Waals surface area contributed by atoms with Gasteiger partial charge in [-0.1, -0.05) is 30.3 Å². The topological polar surface area (TPSA) is 63.0 Å². The number of aromatic amines is 1. The van der Waals surface area contributed by atoms with Gasteiger partial charge in [-0.3, -0.25) is 4.79 Å². The molecule has 0 fully saturated rings. The van der Waals surface area contributed by atoms with Crippen LogP contribution in [0.4, 0.5) is 0 Å². The summed E-state index contributed by atoms with van der Waals surface area (Å²) in [6.07, 6.45) is 3.80. The minimum absolute atomic E-state index is 0.0871. The van der Waals surface area contributed by atoms with Crippen LogP contribution < -0.4 is 4.57 Å². The highest BCUT2D eigenvalue weighted by Crippen LogP contribution is 2.20. The Labute approximate surface area is 152 Å². The van der Waals surface area contributed by atoms with E-state index in [-0.39, 0.29) is 12.3 Å². The van der Waals surface area contributed by atoms with E-state index in [2.05, 4.69) is 4.98 Å². The minimum atomic E-state index is -0.436. The van der Waals surface area contributed by atoms with Gasteiger partial charge in [-0.25, -0.2) is 4.79 Å². The van der Waals surface area contributed by atoms with Gasteiger partial charge >= 0.3 is 5.97 Å². The molecule has 5 heteroatoms. The highest BCUT2D eigenvalue weighted by atomic mass is 16.5. The van der Waals surface area contributed by atoms with Crippen molar-refractivity contribution in [3.63, 3.8) is 0 Å². The predicted molar refractivity (Wildman–Crippen MR) is 98.0 cm³/mol. The van der Waals surface area contributed by atoms with Crippen LogP contribution >= 0.6 is 0 Å². The zero-order chi connectivity index (χ0) is 18.7. The van der Waals surface area contributed by atoms with Crippen LogP contribution in [-0.2, 0) is 11.3 Å². The Morgan fingerprint density at radius 2 is 1.73 bits per heavy atom. The first-order valence-electron chi connectivity index (χ1n) is 8.36. The second kappa shape index (κ2) is 7.35. The number of hydrogen-bond donors (Lipinski definition) is 1. The molecule has 2 heterocycles. The van der Waals surface area contributed by atoms with E-state index in [1.165, 1.54) is 7.11 Å². The number of H-pyrrole nitrogens is 1. The number of nitrogens with zero attached hydrogens (tertiary/aromatic N) is 1. The number of carbonyl (C=O) groups is 2. The molecule has 3 aromatic rings. The molecule has 0 radical (unpaired) electrons. The van der Waals surface area contributed by atoms with E-state index >= 15 is 0 Å². The Kier molecular flexibility index (Phi) is 4.98. The van der Waals surface area contributed by atoms with Crippen LogP contribution in [0.5, 0.6) is 0 Å². The number of hydrogen-bond acceptors (Lipinski definition) is 3. The first-order chi connectivity index (χ1) is 12.5. The van der Waals surface area contributed by atoms with Crippen LogP contribution in [0, 0.1) is 13.8 Å². The third kappa shape index (κ3) is 3.42. The lowest BCUT2D eigenvalue weighted by molar-refractivity contribution is -0.682. The molecule has 0 unspecified atom stereocenters. The van der Waals surface area contributed by atoms with Crippen molar-refractivity contribution in [2.24, 2.45) is 0 Å². The number of carbonyl (C=O) groups excluding carboxylic acids is 2. The van der Waals surface area contributed by atoms with Crippen molar-refractivity contribution >= 4 is 11.8 Å². The highest BCUT2D eigenvalue weighted by molar-refractivity contribution is 6.00. The second-order valence-corrected chi connectivity index (χ2v) is 6.17. The minimum Gasteiger partial charge on any atom is -0.465 e. The molecule has 1 aromatic carbocycles. The molecule has 0 saturated carbocycles. The number of ether oxygens (including phenoxy) is 1. The Bertz CT molecular complexity index is 959. The number of benzene rings is 1. The number of ketones is 1. The normalized spacial score (nSPS) is 10.6. The third-order valence-corrected chi connectivity index (χ3v) is 4.40. The molecule has 0 bridgehead atoms. The van der Waals surface area contributed by atoms with Gasteiger partial charge in [0.05, 0.1) is 18.4 Å². The molecule has 0 aliphatic rings. The van der Waals surface area contributed by atoms with Gasteiger partial charge in [0.15, 0.2) is 12.4 Å². The van der Waals surface area contributed by atoms with Gasteiger partial charge in [-0.05, 0) is 31.0 Å². The fourth-order valence-corrected chi connectivity index (χ4v) is 3.10. The van der Waals surface area contributed by atoms with Crippen molar-refractivity contribution in [1.29, 1.82) is 0 Å². The van der Waals surface area contributed by atoms with E-state index in [0.29, 0.717) is 22.5 Å².